The third-order valence-corrected chi connectivity index (χ3v) is 7.27. The zero-order valence-corrected chi connectivity index (χ0v) is 17.3. The van der Waals surface area contributed by atoms with Gasteiger partial charge in [-0.2, -0.15) is 16.1 Å². The van der Waals surface area contributed by atoms with Crippen LogP contribution in [0.5, 0.6) is 0 Å². The van der Waals surface area contributed by atoms with Gasteiger partial charge in [0, 0.05) is 26.2 Å². The number of carbonyl (C=O) groups excluding carboxylic acids is 2. The van der Waals surface area contributed by atoms with E-state index in [1.165, 1.54) is 16.4 Å². The number of halogens is 1. The number of primary amides is 1. The topological polar surface area (TPSA) is 113 Å². The molecule has 1 saturated heterocycles. The van der Waals surface area contributed by atoms with Gasteiger partial charge in [0.15, 0.2) is 0 Å². The Balaban J connectivity index is 2.04. The molecule has 0 spiro atoms. The second-order valence-electron chi connectivity index (χ2n) is 6.00. The van der Waals surface area contributed by atoms with E-state index in [0.29, 0.717) is 12.2 Å². The number of nitrogens with zero attached hydrogens (tertiary/aromatic N) is 2. The van der Waals surface area contributed by atoms with Gasteiger partial charge < -0.3 is 16.0 Å². The molecular weight excluding hydrogens is 412 g/mol. The number of amides is 3. The van der Waals surface area contributed by atoms with Crippen molar-refractivity contribution in [1.82, 2.24) is 14.5 Å². The van der Waals surface area contributed by atoms with Crippen LogP contribution in [0.3, 0.4) is 0 Å². The average Bonchev–Trinajstić information content (AvgIpc) is 2.64. The highest BCUT2D eigenvalue weighted by Gasteiger charge is 2.33. The molecule has 1 heterocycles. The van der Waals surface area contributed by atoms with Gasteiger partial charge in [0.2, 0.25) is 15.9 Å². The second kappa shape index (κ2) is 9.63. The summed E-state index contributed by atoms with van der Waals surface area (Å²) in [5.41, 5.74) is 5.16. The molecule has 150 valence electrons. The molecule has 2 rings (SSSR count). The van der Waals surface area contributed by atoms with Gasteiger partial charge in [-0.1, -0.05) is 23.7 Å². The van der Waals surface area contributed by atoms with Gasteiger partial charge in [0.1, 0.15) is 10.9 Å². The van der Waals surface area contributed by atoms with Crippen molar-refractivity contribution in [1.29, 1.82) is 0 Å². The molecule has 0 radical (unpaired) electrons. The minimum absolute atomic E-state index is 0.0553. The summed E-state index contributed by atoms with van der Waals surface area (Å²) in [6.45, 7) is 0.785. The number of urea groups is 1. The average molecular weight is 435 g/mol. The lowest BCUT2D eigenvalue weighted by Crippen LogP contribution is -2.56. The van der Waals surface area contributed by atoms with E-state index in [9.17, 15) is 18.0 Å². The lowest BCUT2D eigenvalue weighted by molar-refractivity contribution is -0.134. The summed E-state index contributed by atoms with van der Waals surface area (Å²) in [6, 6.07) is 4.81. The summed E-state index contributed by atoms with van der Waals surface area (Å²) in [4.78, 5) is 25.5. The summed E-state index contributed by atoms with van der Waals surface area (Å²) < 4.78 is 26.8. The molecule has 1 aliphatic rings. The van der Waals surface area contributed by atoms with Crippen molar-refractivity contribution in [3.63, 3.8) is 0 Å². The molecular formula is C16H23ClN4O4S2. The number of nitrogens with two attached hydrogens (primary N) is 1. The maximum absolute atomic E-state index is 12.8. The Bertz CT molecular complexity index is 782. The van der Waals surface area contributed by atoms with Crippen LogP contribution in [-0.2, 0) is 14.8 Å². The molecule has 0 bridgehead atoms. The van der Waals surface area contributed by atoms with E-state index in [1.54, 1.807) is 28.8 Å². The van der Waals surface area contributed by atoms with Gasteiger partial charge in [-0.15, -0.1) is 0 Å². The van der Waals surface area contributed by atoms with Crippen LogP contribution in [0.2, 0.25) is 5.02 Å². The molecule has 1 aromatic rings. The summed E-state index contributed by atoms with van der Waals surface area (Å²) >= 11 is 7.58. The molecule has 1 fully saturated rings. The number of carbonyl (C=O) groups is 2. The fourth-order valence-electron chi connectivity index (χ4n) is 2.83. The number of rotatable bonds is 7. The molecule has 0 aliphatic carbocycles. The van der Waals surface area contributed by atoms with Crippen LogP contribution < -0.4 is 11.1 Å². The number of thioether (sulfide) groups is 1. The minimum atomic E-state index is -3.72. The van der Waals surface area contributed by atoms with Crippen LogP contribution in [0.1, 0.15) is 6.42 Å². The van der Waals surface area contributed by atoms with Gasteiger partial charge in [-0.05, 0) is 30.6 Å². The van der Waals surface area contributed by atoms with E-state index in [0.717, 1.165) is 0 Å². The largest absolute Gasteiger partial charge is 0.352 e. The Morgan fingerprint density at radius 1 is 1.26 bits per heavy atom. The van der Waals surface area contributed by atoms with Crippen molar-refractivity contribution >= 4 is 45.3 Å². The van der Waals surface area contributed by atoms with Gasteiger partial charge in [-0.3, -0.25) is 4.79 Å². The van der Waals surface area contributed by atoms with Gasteiger partial charge in [0.05, 0.1) is 5.02 Å². The fourth-order valence-corrected chi connectivity index (χ4v) is 5.21. The lowest BCUT2D eigenvalue weighted by Gasteiger charge is -2.35. The first-order valence-corrected chi connectivity index (χ1v) is 11.6. The summed E-state index contributed by atoms with van der Waals surface area (Å²) in [5, 5.41) is 2.64. The first-order valence-electron chi connectivity index (χ1n) is 8.35. The van der Waals surface area contributed by atoms with Crippen LogP contribution in [0, 0.1) is 0 Å². The van der Waals surface area contributed by atoms with Crippen LogP contribution >= 0.6 is 23.4 Å². The Hall–Kier alpha value is -1.49. The quantitative estimate of drug-likeness (QED) is 0.663. The highest BCUT2D eigenvalue weighted by Crippen LogP contribution is 2.25. The molecule has 0 unspecified atom stereocenters. The number of hydrogen-bond acceptors (Lipinski definition) is 5. The number of piperazine rings is 1. The third kappa shape index (κ3) is 5.50. The van der Waals surface area contributed by atoms with E-state index in [2.05, 4.69) is 5.32 Å². The van der Waals surface area contributed by atoms with E-state index >= 15 is 0 Å². The van der Waals surface area contributed by atoms with E-state index in [1.807, 2.05) is 6.26 Å². The monoisotopic (exact) mass is 434 g/mol. The van der Waals surface area contributed by atoms with Crippen LogP contribution in [0.25, 0.3) is 0 Å². The van der Waals surface area contributed by atoms with E-state index < -0.39 is 22.1 Å². The second-order valence-corrected chi connectivity index (χ2v) is 9.30. The van der Waals surface area contributed by atoms with Crippen molar-refractivity contribution < 1.29 is 18.0 Å². The molecule has 1 aliphatic heterocycles. The number of benzene rings is 1. The first kappa shape index (κ1) is 21.8. The Morgan fingerprint density at radius 3 is 2.44 bits per heavy atom. The smallest absolute Gasteiger partial charge is 0.312 e. The standard InChI is InChI=1S/C16H23ClN4O4S2/c1-26-11-6-13(19-16(18)23)15(22)20-7-9-21(10-8-20)27(24,25)14-5-3-2-4-12(14)17/h2-5,13H,6-11H2,1H3,(H3,18,19,23)/t13-/m0/s1. The molecule has 0 aromatic heterocycles. The maximum Gasteiger partial charge on any atom is 0.312 e. The minimum Gasteiger partial charge on any atom is -0.352 e. The molecule has 11 heteroatoms. The van der Waals surface area contributed by atoms with Crippen molar-refractivity contribution in [3.05, 3.63) is 29.3 Å². The highest BCUT2D eigenvalue weighted by molar-refractivity contribution is 7.98. The van der Waals surface area contributed by atoms with Crippen LogP contribution in [-0.4, -0.2) is 73.8 Å². The number of nitrogens with one attached hydrogen (secondary N) is 1. The van der Waals surface area contributed by atoms with Crippen molar-refractivity contribution in [3.8, 4) is 0 Å². The summed E-state index contributed by atoms with van der Waals surface area (Å²) in [5.74, 6) is 0.440. The Kier molecular flexibility index (Phi) is 7.78. The first-order chi connectivity index (χ1) is 12.8. The van der Waals surface area contributed by atoms with Gasteiger partial charge in [-0.25, -0.2) is 13.2 Å². The van der Waals surface area contributed by atoms with Crippen molar-refractivity contribution in [2.45, 2.75) is 17.4 Å². The molecule has 3 N–H and O–H groups in total. The maximum atomic E-state index is 12.8. The predicted octanol–water partition coefficient (Wildman–Crippen LogP) is 0.963. The Morgan fingerprint density at radius 2 is 1.89 bits per heavy atom. The van der Waals surface area contributed by atoms with Crippen molar-refractivity contribution in [2.75, 3.05) is 38.2 Å². The SMILES string of the molecule is CSCC[C@H](NC(N)=O)C(=O)N1CCN(S(=O)(=O)c2ccccc2Cl)CC1. The Labute approximate surface area is 168 Å². The lowest BCUT2D eigenvalue weighted by atomic mass is 10.2. The highest BCUT2D eigenvalue weighted by atomic mass is 35.5. The van der Waals surface area contributed by atoms with Crippen molar-refractivity contribution in [2.24, 2.45) is 5.73 Å². The zero-order valence-electron chi connectivity index (χ0n) is 14.9. The molecule has 0 saturated carbocycles. The molecule has 1 atom stereocenters. The predicted molar refractivity (Wildman–Crippen MR) is 106 cm³/mol. The third-order valence-electron chi connectivity index (χ3n) is 4.23. The normalized spacial score (nSPS) is 16.7. The number of hydrogen-bond donors (Lipinski definition) is 2. The van der Waals surface area contributed by atoms with Gasteiger partial charge in [0.25, 0.3) is 0 Å². The summed E-state index contributed by atoms with van der Waals surface area (Å²) in [6.07, 6.45) is 2.37. The van der Waals surface area contributed by atoms with E-state index in [4.69, 9.17) is 17.3 Å². The van der Waals surface area contributed by atoms with Crippen LogP contribution in [0.15, 0.2) is 29.2 Å². The fraction of sp³-hybridized carbons (Fsp3) is 0.500. The molecule has 3 amide bonds. The van der Waals surface area contributed by atoms with E-state index in [-0.39, 0.29) is 42.0 Å². The summed E-state index contributed by atoms with van der Waals surface area (Å²) in [7, 11) is -3.72. The molecule has 1 aromatic carbocycles. The van der Waals surface area contributed by atoms with Crippen LogP contribution in [0.4, 0.5) is 4.79 Å². The zero-order chi connectivity index (χ0) is 20.0. The number of sulfonamides is 1. The van der Waals surface area contributed by atoms with Gasteiger partial charge >= 0.3 is 6.03 Å². The molecule has 8 nitrogen and oxygen atoms in total. The molecule has 27 heavy (non-hydrogen) atoms.